The van der Waals surface area contributed by atoms with Crippen molar-refractivity contribution in [2.45, 2.75) is 66.0 Å². The fraction of sp³-hybridized carbons (Fsp3) is 0.481. The fourth-order valence-corrected chi connectivity index (χ4v) is 3.93. The van der Waals surface area contributed by atoms with Crippen molar-refractivity contribution in [2.75, 3.05) is 13.2 Å². The molecule has 7 heteroatoms. The summed E-state index contributed by atoms with van der Waals surface area (Å²) in [5.74, 6) is 0.508. The lowest BCUT2D eigenvalue weighted by Crippen LogP contribution is -2.50. The van der Waals surface area contributed by atoms with E-state index >= 15 is 0 Å². The van der Waals surface area contributed by atoms with Crippen molar-refractivity contribution >= 4 is 35.0 Å². The van der Waals surface area contributed by atoms with E-state index in [4.69, 9.17) is 27.9 Å². The summed E-state index contributed by atoms with van der Waals surface area (Å²) in [7, 11) is 0. The van der Waals surface area contributed by atoms with Crippen LogP contribution in [0.1, 0.15) is 59.1 Å². The Morgan fingerprint density at radius 2 is 1.74 bits per heavy atom. The molecule has 1 N–H and O–H groups in total. The summed E-state index contributed by atoms with van der Waals surface area (Å²) >= 11 is 12.3. The van der Waals surface area contributed by atoms with Crippen LogP contribution in [0, 0.1) is 5.92 Å². The highest BCUT2D eigenvalue weighted by atomic mass is 35.5. The molecule has 0 aromatic heterocycles. The minimum atomic E-state index is -0.637. The molecular formula is C27H36Cl2N2O3. The Kier molecular flexibility index (Phi) is 10.3. The van der Waals surface area contributed by atoms with Gasteiger partial charge in [-0.05, 0) is 47.1 Å². The van der Waals surface area contributed by atoms with Crippen molar-refractivity contribution in [3.05, 3.63) is 63.6 Å². The molecule has 0 saturated carbocycles. The van der Waals surface area contributed by atoms with Gasteiger partial charge in [0.15, 0.2) is 6.61 Å². The van der Waals surface area contributed by atoms with E-state index in [2.05, 4.69) is 26.1 Å². The lowest BCUT2D eigenvalue weighted by atomic mass is 9.86. The van der Waals surface area contributed by atoms with Gasteiger partial charge in [-0.1, -0.05) is 89.0 Å². The van der Waals surface area contributed by atoms with E-state index in [9.17, 15) is 9.59 Å². The normalized spacial score (nSPS) is 12.4. The van der Waals surface area contributed by atoms with Gasteiger partial charge in [0.1, 0.15) is 11.8 Å². The van der Waals surface area contributed by atoms with Crippen molar-refractivity contribution in [1.82, 2.24) is 10.2 Å². The standard InChI is InChI=1S/C27H36Cl2N2O3/c1-7-23(26(33)30-15-18(2)3)31(16-19-12-13-21(28)22(29)14-19)25(32)17-34-24-11-9-8-10-20(24)27(4,5)6/h8-14,18,23H,7,15-17H2,1-6H3,(H,30,33). The predicted molar refractivity (Wildman–Crippen MR) is 140 cm³/mol. The largest absolute Gasteiger partial charge is 0.483 e. The molecule has 0 aliphatic heterocycles. The molecule has 2 aromatic rings. The van der Waals surface area contributed by atoms with Gasteiger partial charge in [-0.15, -0.1) is 0 Å². The highest BCUT2D eigenvalue weighted by molar-refractivity contribution is 6.42. The van der Waals surface area contributed by atoms with Gasteiger partial charge < -0.3 is 15.0 Å². The molecule has 34 heavy (non-hydrogen) atoms. The average Bonchev–Trinajstić information content (AvgIpc) is 2.77. The first kappa shape index (κ1) is 28.0. The zero-order valence-corrected chi connectivity index (χ0v) is 22.5. The van der Waals surface area contributed by atoms with Gasteiger partial charge in [0.25, 0.3) is 5.91 Å². The number of ether oxygens (including phenoxy) is 1. The summed E-state index contributed by atoms with van der Waals surface area (Å²) in [5, 5.41) is 3.80. The van der Waals surface area contributed by atoms with Crippen LogP contribution in [0.25, 0.3) is 0 Å². The lowest BCUT2D eigenvalue weighted by Gasteiger charge is -2.31. The van der Waals surface area contributed by atoms with E-state index in [1.807, 2.05) is 51.1 Å². The molecule has 2 amide bonds. The topological polar surface area (TPSA) is 58.6 Å². The summed E-state index contributed by atoms with van der Waals surface area (Å²) in [5.41, 5.74) is 1.66. The molecule has 0 aliphatic carbocycles. The van der Waals surface area contributed by atoms with Gasteiger partial charge >= 0.3 is 0 Å². The number of rotatable bonds is 10. The molecule has 186 valence electrons. The van der Waals surface area contributed by atoms with Crippen molar-refractivity contribution in [2.24, 2.45) is 5.92 Å². The number of para-hydroxylation sites is 1. The predicted octanol–water partition coefficient (Wildman–Crippen LogP) is 6.25. The van der Waals surface area contributed by atoms with E-state index in [0.29, 0.717) is 34.7 Å². The quantitative estimate of drug-likeness (QED) is 0.414. The zero-order chi connectivity index (χ0) is 25.5. The molecule has 0 heterocycles. The zero-order valence-electron chi connectivity index (χ0n) is 21.0. The maximum atomic E-state index is 13.4. The van der Waals surface area contributed by atoms with Crippen molar-refractivity contribution in [1.29, 1.82) is 0 Å². The third kappa shape index (κ3) is 7.92. The summed E-state index contributed by atoms with van der Waals surface area (Å²) < 4.78 is 5.99. The average molecular weight is 508 g/mol. The van der Waals surface area contributed by atoms with E-state index < -0.39 is 6.04 Å². The molecule has 0 radical (unpaired) electrons. The van der Waals surface area contributed by atoms with Crippen LogP contribution >= 0.6 is 23.2 Å². The second-order valence-corrected chi connectivity index (χ2v) is 10.7. The van der Waals surface area contributed by atoms with Crippen LogP contribution < -0.4 is 10.1 Å². The van der Waals surface area contributed by atoms with Crippen LogP contribution in [0.3, 0.4) is 0 Å². The molecule has 0 aliphatic rings. The summed E-state index contributed by atoms with van der Waals surface area (Å²) in [4.78, 5) is 28.0. The SMILES string of the molecule is CCC(C(=O)NCC(C)C)N(Cc1ccc(Cl)c(Cl)c1)C(=O)COc1ccccc1C(C)(C)C. The van der Waals surface area contributed by atoms with E-state index in [-0.39, 0.29) is 30.4 Å². The molecule has 0 fully saturated rings. The van der Waals surface area contributed by atoms with Gasteiger partial charge in [-0.3, -0.25) is 9.59 Å². The third-order valence-corrected chi connectivity index (χ3v) is 6.19. The summed E-state index contributed by atoms with van der Waals surface area (Å²) in [6.45, 7) is 12.8. The lowest BCUT2D eigenvalue weighted by molar-refractivity contribution is -0.143. The molecule has 1 unspecified atom stereocenters. The van der Waals surface area contributed by atoms with Crippen LogP contribution in [-0.4, -0.2) is 35.9 Å². The Morgan fingerprint density at radius 3 is 2.32 bits per heavy atom. The number of nitrogens with zero attached hydrogens (tertiary/aromatic N) is 1. The highest BCUT2D eigenvalue weighted by Gasteiger charge is 2.29. The third-order valence-electron chi connectivity index (χ3n) is 5.45. The molecule has 1 atom stereocenters. The molecule has 0 saturated heterocycles. The molecular weight excluding hydrogens is 471 g/mol. The smallest absolute Gasteiger partial charge is 0.261 e. The molecule has 0 bridgehead atoms. The van der Waals surface area contributed by atoms with Crippen LogP contribution in [-0.2, 0) is 21.5 Å². The maximum absolute atomic E-state index is 13.4. The Labute approximate surface area is 213 Å². The molecule has 0 spiro atoms. The highest BCUT2D eigenvalue weighted by Crippen LogP contribution is 2.31. The second kappa shape index (κ2) is 12.5. The number of carbonyl (C=O) groups excluding carboxylic acids is 2. The Hall–Kier alpha value is -2.24. The van der Waals surface area contributed by atoms with Gasteiger partial charge in [-0.2, -0.15) is 0 Å². The van der Waals surface area contributed by atoms with Gasteiger partial charge in [-0.25, -0.2) is 0 Å². The number of hydrogen-bond donors (Lipinski definition) is 1. The van der Waals surface area contributed by atoms with E-state index in [1.54, 1.807) is 17.0 Å². The Morgan fingerprint density at radius 1 is 1.06 bits per heavy atom. The number of nitrogens with one attached hydrogen (secondary N) is 1. The number of benzene rings is 2. The van der Waals surface area contributed by atoms with Crippen LogP contribution in [0.2, 0.25) is 10.0 Å². The maximum Gasteiger partial charge on any atom is 0.261 e. The Balaban J connectivity index is 2.29. The fourth-order valence-electron chi connectivity index (χ4n) is 3.61. The van der Waals surface area contributed by atoms with Crippen molar-refractivity contribution < 1.29 is 14.3 Å². The number of carbonyl (C=O) groups is 2. The minimum absolute atomic E-state index is 0.137. The van der Waals surface area contributed by atoms with Crippen molar-refractivity contribution in [3.63, 3.8) is 0 Å². The van der Waals surface area contributed by atoms with Crippen molar-refractivity contribution in [3.8, 4) is 5.75 Å². The second-order valence-electron chi connectivity index (χ2n) is 9.87. The monoisotopic (exact) mass is 506 g/mol. The van der Waals surface area contributed by atoms with Gasteiger partial charge in [0.05, 0.1) is 10.0 Å². The number of halogens is 2. The van der Waals surface area contributed by atoms with Crippen LogP contribution in [0.4, 0.5) is 0 Å². The number of hydrogen-bond acceptors (Lipinski definition) is 3. The van der Waals surface area contributed by atoms with E-state index in [0.717, 1.165) is 11.1 Å². The van der Waals surface area contributed by atoms with Gasteiger partial charge in [0.2, 0.25) is 5.91 Å². The van der Waals surface area contributed by atoms with Crippen LogP contribution in [0.5, 0.6) is 5.75 Å². The Bertz CT molecular complexity index is 986. The first-order valence-corrected chi connectivity index (χ1v) is 12.4. The van der Waals surface area contributed by atoms with E-state index in [1.165, 1.54) is 0 Å². The molecule has 2 aromatic carbocycles. The number of amides is 2. The molecule has 5 nitrogen and oxygen atoms in total. The molecule has 2 rings (SSSR count). The summed E-state index contributed by atoms with van der Waals surface area (Å²) in [6.07, 6.45) is 0.468. The first-order chi connectivity index (χ1) is 15.9. The van der Waals surface area contributed by atoms with Gasteiger partial charge in [0, 0.05) is 13.1 Å². The minimum Gasteiger partial charge on any atom is -0.483 e. The van der Waals surface area contributed by atoms with Crippen LogP contribution in [0.15, 0.2) is 42.5 Å². The summed E-state index contributed by atoms with van der Waals surface area (Å²) in [6, 6.07) is 12.3. The first-order valence-electron chi connectivity index (χ1n) is 11.7.